The number of amides is 1. The molecule has 2 aromatic heterocycles. The number of likely N-dealkylation sites (tertiary alicyclic amines) is 1. The van der Waals surface area contributed by atoms with Crippen molar-refractivity contribution in [2.75, 3.05) is 6.54 Å². The molecule has 4 nitrogen and oxygen atoms in total. The molecular formula is C15H17N3O. The zero-order valence-electron chi connectivity index (χ0n) is 11.0. The van der Waals surface area contributed by atoms with Crippen LogP contribution in [0, 0.1) is 6.92 Å². The van der Waals surface area contributed by atoms with Crippen LogP contribution in [0.15, 0.2) is 36.9 Å². The second kappa shape index (κ2) is 4.88. The first-order valence-electron chi connectivity index (χ1n) is 6.61. The van der Waals surface area contributed by atoms with E-state index in [0.29, 0.717) is 0 Å². The molecule has 0 radical (unpaired) electrons. The molecule has 4 heteroatoms. The largest absolute Gasteiger partial charge is 0.367 e. The number of carbonyl (C=O) groups excluding carboxylic acids is 1. The number of rotatable bonds is 2. The van der Waals surface area contributed by atoms with E-state index in [4.69, 9.17) is 0 Å². The summed E-state index contributed by atoms with van der Waals surface area (Å²) in [6, 6.07) is 4.14. The maximum Gasteiger partial charge on any atom is 0.256 e. The van der Waals surface area contributed by atoms with Crippen molar-refractivity contribution in [3.63, 3.8) is 0 Å². The molecule has 1 fully saturated rings. The molecule has 1 saturated heterocycles. The van der Waals surface area contributed by atoms with E-state index in [2.05, 4.69) is 9.97 Å². The van der Waals surface area contributed by atoms with Gasteiger partial charge in [0.1, 0.15) is 0 Å². The molecule has 19 heavy (non-hydrogen) atoms. The van der Waals surface area contributed by atoms with Gasteiger partial charge in [-0.1, -0.05) is 6.07 Å². The number of hydrogen-bond donors (Lipinski definition) is 1. The minimum atomic E-state index is 0.116. The lowest BCUT2D eigenvalue weighted by Crippen LogP contribution is -2.30. The quantitative estimate of drug-likeness (QED) is 0.897. The average molecular weight is 255 g/mol. The average Bonchev–Trinajstić information content (AvgIpc) is 3.07. The Kier molecular flexibility index (Phi) is 3.07. The van der Waals surface area contributed by atoms with Gasteiger partial charge in [0.05, 0.1) is 11.6 Å². The molecule has 1 aliphatic rings. The Balaban J connectivity index is 1.88. The number of H-pyrrole nitrogens is 1. The molecule has 1 amide bonds. The van der Waals surface area contributed by atoms with Gasteiger partial charge in [-0.05, 0) is 37.0 Å². The molecule has 1 aliphatic heterocycles. The number of aromatic amines is 1. The predicted molar refractivity (Wildman–Crippen MR) is 72.8 cm³/mol. The second-order valence-corrected chi connectivity index (χ2v) is 4.99. The van der Waals surface area contributed by atoms with Crippen molar-refractivity contribution in [3.8, 4) is 0 Å². The molecule has 98 valence electrons. The zero-order valence-corrected chi connectivity index (χ0v) is 11.0. The lowest BCUT2D eigenvalue weighted by atomic mass is 10.1. The predicted octanol–water partition coefficient (Wildman–Crippen LogP) is 2.70. The molecule has 1 atom stereocenters. The number of hydrogen-bond acceptors (Lipinski definition) is 2. The van der Waals surface area contributed by atoms with Crippen LogP contribution in [0.1, 0.15) is 40.4 Å². The van der Waals surface area contributed by atoms with Crippen LogP contribution in [0.3, 0.4) is 0 Å². The smallest absolute Gasteiger partial charge is 0.256 e. The Morgan fingerprint density at radius 2 is 2.37 bits per heavy atom. The molecule has 1 N–H and O–H groups in total. The first-order valence-corrected chi connectivity index (χ1v) is 6.61. The summed E-state index contributed by atoms with van der Waals surface area (Å²) >= 11 is 0. The van der Waals surface area contributed by atoms with Crippen LogP contribution in [0.5, 0.6) is 0 Å². The Morgan fingerprint density at radius 3 is 3.05 bits per heavy atom. The second-order valence-electron chi connectivity index (χ2n) is 4.99. The highest BCUT2D eigenvalue weighted by molar-refractivity contribution is 5.95. The van der Waals surface area contributed by atoms with Crippen LogP contribution in [-0.2, 0) is 0 Å². The lowest BCUT2D eigenvalue weighted by molar-refractivity contribution is 0.0735. The molecule has 2 aromatic rings. The summed E-state index contributed by atoms with van der Waals surface area (Å²) in [5, 5.41) is 0. The van der Waals surface area contributed by atoms with E-state index in [1.54, 1.807) is 12.4 Å². The van der Waals surface area contributed by atoms with Crippen molar-refractivity contribution >= 4 is 5.91 Å². The first-order chi connectivity index (χ1) is 9.27. The highest BCUT2D eigenvalue weighted by Crippen LogP contribution is 2.32. The van der Waals surface area contributed by atoms with Gasteiger partial charge < -0.3 is 9.88 Å². The normalized spacial score (nSPS) is 18.8. The van der Waals surface area contributed by atoms with Crippen LogP contribution in [0.4, 0.5) is 0 Å². The van der Waals surface area contributed by atoms with E-state index in [1.165, 1.54) is 0 Å². The third kappa shape index (κ3) is 2.14. The molecular weight excluding hydrogens is 238 g/mol. The summed E-state index contributed by atoms with van der Waals surface area (Å²) in [5.41, 5.74) is 2.90. The summed E-state index contributed by atoms with van der Waals surface area (Å²) in [6.07, 6.45) is 9.34. The van der Waals surface area contributed by atoms with Crippen molar-refractivity contribution in [1.82, 2.24) is 14.9 Å². The standard InChI is InChI=1S/C15H17N3O/c1-11-8-17-10-13(11)15(19)18-7-3-5-14(18)12-4-2-6-16-9-12/h2,4,6,8-10,14,17H,3,5,7H2,1H3. The third-order valence-electron chi connectivity index (χ3n) is 3.77. The van der Waals surface area contributed by atoms with Crippen molar-refractivity contribution in [1.29, 1.82) is 0 Å². The van der Waals surface area contributed by atoms with E-state index in [1.807, 2.05) is 36.4 Å². The van der Waals surface area contributed by atoms with Gasteiger partial charge in [0.2, 0.25) is 0 Å². The van der Waals surface area contributed by atoms with Crippen molar-refractivity contribution in [2.24, 2.45) is 0 Å². The van der Waals surface area contributed by atoms with Crippen LogP contribution >= 0.6 is 0 Å². The highest BCUT2D eigenvalue weighted by atomic mass is 16.2. The van der Waals surface area contributed by atoms with Crippen molar-refractivity contribution in [2.45, 2.75) is 25.8 Å². The number of nitrogens with zero attached hydrogens (tertiary/aromatic N) is 2. The topological polar surface area (TPSA) is 49.0 Å². The maximum absolute atomic E-state index is 12.6. The van der Waals surface area contributed by atoms with E-state index in [0.717, 1.165) is 36.1 Å². The summed E-state index contributed by atoms with van der Waals surface area (Å²) < 4.78 is 0. The van der Waals surface area contributed by atoms with Gasteiger partial charge in [-0.15, -0.1) is 0 Å². The Morgan fingerprint density at radius 1 is 1.47 bits per heavy atom. The zero-order chi connectivity index (χ0) is 13.2. The molecule has 0 spiro atoms. The summed E-state index contributed by atoms with van der Waals surface area (Å²) in [4.78, 5) is 21.7. The highest BCUT2D eigenvalue weighted by Gasteiger charge is 2.31. The molecule has 0 aliphatic carbocycles. The number of aryl methyl sites for hydroxylation is 1. The number of pyridine rings is 1. The molecule has 3 rings (SSSR count). The van der Waals surface area contributed by atoms with Gasteiger partial charge >= 0.3 is 0 Å². The minimum absolute atomic E-state index is 0.116. The number of carbonyl (C=O) groups is 1. The fourth-order valence-corrected chi connectivity index (χ4v) is 2.76. The van der Waals surface area contributed by atoms with Crippen LogP contribution in [-0.4, -0.2) is 27.3 Å². The fourth-order valence-electron chi connectivity index (χ4n) is 2.76. The van der Waals surface area contributed by atoms with E-state index < -0.39 is 0 Å². The lowest BCUT2D eigenvalue weighted by Gasteiger charge is -2.24. The van der Waals surface area contributed by atoms with E-state index in [9.17, 15) is 4.79 Å². The molecule has 0 aromatic carbocycles. The van der Waals surface area contributed by atoms with Gasteiger partial charge in [-0.2, -0.15) is 0 Å². The van der Waals surface area contributed by atoms with E-state index in [-0.39, 0.29) is 11.9 Å². The maximum atomic E-state index is 12.6. The third-order valence-corrected chi connectivity index (χ3v) is 3.77. The van der Waals surface area contributed by atoms with Gasteiger partial charge in [0, 0.05) is 31.3 Å². The number of aromatic nitrogens is 2. The molecule has 3 heterocycles. The SMILES string of the molecule is Cc1c[nH]cc1C(=O)N1CCCC1c1cccnc1. The number of nitrogens with one attached hydrogen (secondary N) is 1. The Hall–Kier alpha value is -2.10. The van der Waals surface area contributed by atoms with Crippen molar-refractivity contribution in [3.05, 3.63) is 53.6 Å². The van der Waals surface area contributed by atoms with Crippen molar-refractivity contribution < 1.29 is 4.79 Å². The molecule has 0 bridgehead atoms. The van der Waals surface area contributed by atoms with Gasteiger partial charge in [0.15, 0.2) is 0 Å². The summed E-state index contributed by atoms with van der Waals surface area (Å²) in [6.45, 7) is 2.78. The molecule has 0 saturated carbocycles. The summed E-state index contributed by atoms with van der Waals surface area (Å²) in [7, 11) is 0. The monoisotopic (exact) mass is 255 g/mol. The van der Waals surface area contributed by atoms with Gasteiger partial charge in [-0.25, -0.2) is 0 Å². The minimum Gasteiger partial charge on any atom is -0.367 e. The van der Waals surface area contributed by atoms with Crippen LogP contribution in [0.2, 0.25) is 0 Å². The van der Waals surface area contributed by atoms with Gasteiger partial charge in [-0.3, -0.25) is 9.78 Å². The molecule has 1 unspecified atom stereocenters. The van der Waals surface area contributed by atoms with Crippen LogP contribution in [0.25, 0.3) is 0 Å². The van der Waals surface area contributed by atoms with E-state index >= 15 is 0 Å². The van der Waals surface area contributed by atoms with Gasteiger partial charge in [0.25, 0.3) is 5.91 Å². The van der Waals surface area contributed by atoms with Crippen LogP contribution < -0.4 is 0 Å². The summed E-state index contributed by atoms with van der Waals surface area (Å²) in [5.74, 6) is 0.116. The first kappa shape index (κ1) is 12.0. The fraction of sp³-hybridized carbons (Fsp3) is 0.333. The Labute approximate surface area is 112 Å². The Bertz CT molecular complexity index is 576.